The van der Waals surface area contributed by atoms with Gasteiger partial charge in [0.05, 0.1) is 13.2 Å². The normalized spacial score (nSPS) is 37.5. The monoisotopic (exact) mass is 280 g/mol. The maximum Gasteiger partial charge on any atom is 0.137 e. The van der Waals surface area contributed by atoms with E-state index in [1.165, 1.54) is 13.0 Å². The summed E-state index contributed by atoms with van der Waals surface area (Å²) in [4.78, 5) is 17.2. The molecule has 3 atom stereocenters. The molecule has 1 aliphatic carbocycles. The van der Waals surface area contributed by atoms with Crippen molar-refractivity contribution >= 4 is 5.78 Å². The molecule has 114 valence electrons. The Labute approximate surface area is 122 Å². The Morgan fingerprint density at radius 3 is 2.80 bits per heavy atom. The lowest BCUT2D eigenvalue weighted by molar-refractivity contribution is -0.126. The van der Waals surface area contributed by atoms with Crippen molar-refractivity contribution in [2.24, 2.45) is 11.8 Å². The van der Waals surface area contributed by atoms with Gasteiger partial charge in [0.25, 0.3) is 0 Å². The van der Waals surface area contributed by atoms with Gasteiger partial charge >= 0.3 is 0 Å². The Bertz CT molecular complexity index is 341. The van der Waals surface area contributed by atoms with Crippen molar-refractivity contribution in [1.82, 2.24) is 9.80 Å². The van der Waals surface area contributed by atoms with E-state index in [0.717, 1.165) is 64.6 Å². The van der Waals surface area contributed by atoms with Gasteiger partial charge < -0.3 is 9.64 Å². The smallest absolute Gasteiger partial charge is 0.137 e. The van der Waals surface area contributed by atoms with Gasteiger partial charge in [0.2, 0.25) is 0 Å². The molecule has 1 saturated carbocycles. The fourth-order valence-electron chi connectivity index (χ4n) is 4.03. The molecule has 0 N–H and O–H groups in total. The van der Waals surface area contributed by atoms with E-state index in [0.29, 0.717) is 17.7 Å². The molecule has 2 heterocycles. The molecule has 0 amide bonds. The molecule has 2 saturated heterocycles. The minimum Gasteiger partial charge on any atom is -0.379 e. The average Bonchev–Trinajstić information content (AvgIpc) is 2.92. The van der Waals surface area contributed by atoms with Gasteiger partial charge in [-0.2, -0.15) is 0 Å². The predicted octanol–water partition coefficient (Wildman–Crippen LogP) is 1.40. The summed E-state index contributed by atoms with van der Waals surface area (Å²) in [5, 5.41) is 0. The number of rotatable bonds is 3. The van der Waals surface area contributed by atoms with Crippen molar-refractivity contribution in [2.45, 2.75) is 38.6 Å². The molecular weight excluding hydrogens is 252 g/mol. The van der Waals surface area contributed by atoms with Crippen LogP contribution < -0.4 is 0 Å². The summed E-state index contributed by atoms with van der Waals surface area (Å²) >= 11 is 0. The van der Waals surface area contributed by atoms with Crippen LogP contribution in [0, 0.1) is 11.8 Å². The minimum atomic E-state index is 0.308. The fraction of sp³-hybridized carbons (Fsp3) is 0.938. The van der Waals surface area contributed by atoms with E-state index in [1.54, 1.807) is 0 Å². The highest BCUT2D eigenvalue weighted by Crippen LogP contribution is 2.28. The van der Waals surface area contributed by atoms with Crippen LogP contribution in [0.25, 0.3) is 0 Å². The number of ether oxygens (including phenoxy) is 1. The van der Waals surface area contributed by atoms with Crippen LogP contribution in [-0.2, 0) is 9.53 Å². The van der Waals surface area contributed by atoms with Crippen molar-refractivity contribution in [1.29, 1.82) is 0 Å². The second-order valence-corrected chi connectivity index (χ2v) is 6.89. The van der Waals surface area contributed by atoms with E-state index in [4.69, 9.17) is 4.74 Å². The summed E-state index contributed by atoms with van der Waals surface area (Å²) in [6.45, 7) is 9.54. The number of carbonyl (C=O) groups excluding carboxylic acids is 1. The van der Waals surface area contributed by atoms with Crippen LogP contribution in [0.3, 0.4) is 0 Å². The summed E-state index contributed by atoms with van der Waals surface area (Å²) in [6.07, 6.45) is 4.28. The van der Waals surface area contributed by atoms with Crippen molar-refractivity contribution in [2.75, 3.05) is 45.9 Å². The molecule has 3 aliphatic rings. The molecule has 0 aromatic carbocycles. The van der Waals surface area contributed by atoms with Crippen molar-refractivity contribution in [3.8, 4) is 0 Å². The van der Waals surface area contributed by atoms with Gasteiger partial charge in [-0.05, 0) is 31.7 Å². The molecule has 4 nitrogen and oxygen atoms in total. The van der Waals surface area contributed by atoms with Crippen LogP contribution in [0.5, 0.6) is 0 Å². The van der Waals surface area contributed by atoms with E-state index in [9.17, 15) is 4.79 Å². The topological polar surface area (TPSA) is 32.8 Å². The van der Waals surface area contributed by atoms with Gasteiger partial charge in [-0.25, -0.2) is 0 Å². The zero-order valence-electron chi connectivity index (χ0n) is 12.7. The second kappa shape index (κ2) is 6.54. The number of hydrogen-bond donors (Lipinski definition) is 0. The van der Waals surface area contributed by atoms with Crippen LogP contribution in [0.4, 0.5) is 0 Å². The maximum absolute atomic E-state index is 12.1. The number of morpholine rings is 1. The molecule has 0 aromatic heterocycles. The summed E-state index contributed by atoms with van der Waals surface area (Å²) in [5.74, 6) is 1.55. The van der Waals surface area contributed by atoms with Gasteiger partial charge in [-0.15, -0.1) is 0 Å². The van der Waals surface area contributed by atoms with E-state index in [-0.39, 0.29) is 0 Å². The largest absolute Gasteiger partial charge is 0.379 e. The third-order valence-corrected chi connectivity index (χ3v) is 5.31. The summed E-state index contributed by atoms with van der Waals surface area (Å²) < 4.78 is 5.43. The number of hydrogen-bond acceptors (Lipinski definition) is 4. The molecule has 0 radical (unpaired) electrons. The Morgan fingerprint density at radius 1 is 1.20 bits per heavy atom. The first kappa shape index (κ1) is 14.5. The fourth-order valence-corrected chi connectivity index (χ4v) is 4.03. The molecule has 4 heteroatoms. The lowest BCUT2D eigenvalue weighted by Crippen LogP contribution is -2.45. The molecule has 0 aromatic rings. The molecule has 3 rings (SSSR count). The van der Waals surface area contributed by atoms with Crippen molar-refractivity contribution in [3.05, 3.63) is 0 Å². The maximum atomic E-state index is 12.1. The first-order valence-corrected chi connectivity index (χ1v) is 8.29. The Kier molecular flexibility index (Phi) is 4.74. The van der Waals surface area contributed by atoms with Crippen LogP contribution in [0.15, 0.2) is 0 Å². The molecule has 2 aliphatic heterocycles. The number of ketones is 1. The lowest BCUT2D eigenvalue weighted by Gasteiger charge is -2.33. The molecule has 0 spiro atoms. The number of carbonyl (C=O) groups is 1. The molecule has 3 unspecified atom stereocenters. The average molecular weight is 280 g/mol. The van der Waals surface area contributed by atoms with E-state index in [2.05, 4.69) is 16.7 Å². The number of Topliss-reactive ketones (excluding diaryl/α,β-unsaturated/α-hetero) is 1. The van der Waals surface area contributed by atoms with E-state index >= 15 is 0 Å². The highest BCUT2D eigenvalue weighted by Gasteiger charge is 2.33. The first-order chi connectivity index (χ1) is 9.72. The highest BCUT2D eigenvalue weighted by molar-refractivity contribution is 5.81. The molecule has 3 fully saturated rings. The zero-order chi connectivity index (χ0) is 13.9. The van der Waals surface area contributed by atoms with E-state index < -0.39 is 0 Å². The van der Waals surface area contributed by atoms with Gasteiger partial charge in [0.1, 0.15) is 5.78 Å². The quantitative estimate of drug-likeness (QED) is 0.782. The van der Waals surface area contributed by atoms with Crippen LogP contribution in [-0.4, -0.2) is 67.6 Å². The second-order valence-electron chi connectivity index (χ2n) is 6.89. The third kappa shape index (κ3) is 3.41. The van der Waals surface area contributed by atoms with Crippen molar-refractivity contribution in [3.63, 3.8) is 0 Å². The minimum absolute atomic E-state index is 0.308. The summed E-state index contributed by atoms with van der Waals surface area (Å²) in [7, 11) is 0. The zero-order valence-corrected chi connectivity index (χ0v) is 12.7. The van der Waals surface area contributed by atoms with Gasteiger partial charge in [-0.3, -0.25) is 9.69 Å². The van der Waals surface area contributed by atoms with Crippen molar-refractivity contribution < 1.29 is 9.53 Å². The van der Waals surface area contributed by atoms with Gasteiger partial charge in [0, 0.05) is 44.6 Å². The highest BCUT2D eigenvalue weighted by atomic mass is 16.5. The summed E-state index contributed by atoms with van der Waals surface area (Å²) in [5.41, 5.74) is 0. The Balaban J connectivity index is 1.48. The standard InChI is InChI=1S/C16H28N2O2/c1-13-2-3-16(19)14(10-13)11-17-5-4-15(12-17)18-6-8-20-9-7-18/h13-15H,2-12H2,1H3. The molecule has 20 heavy (non-hydrogen) atoms. The van der Waals surface area contributed by atoms with Crippen LogP contribution >= 0.6 is 0 Å². The van der Waals surface area contributed by atoms with Gasteiger partial charge in [0.15, 0.2) is 0 Å². The van der Waals surface area contributed by atoms with Gasteiger partial charge in [-0.1, -0.05) is 6.92 Å². The predicted molar refractivity (Wildman–Crippen MR) is 78.7 cm³/mol. The lowest BCUT2D eigenvalue weighted by atomic mass is 9.81. The first-order valence-electron chi connectivity index (χ1n) is 8.29. The molecular formula is C16H28N2O2. The SMILES string of the molecule is CC1CCC(=O)C(CN2CCC(N3CCOCC3)C2)C1. The Morgan fingerprint density at radius 2 is 2.00 bits per heavy atom. The van der Waals surface area contributed by atoms with E-state index in [1.807, 2.05) is 0 Å². The van der Waals surface area contributed by atoms with Crippen LogP contribution in [0.1, 0.15) is 32.6 Å². The summed E-state index contributed by atoms with van der Waals surface area (Å²) in [6, 6.07) is 0.690. The third-order valence-electron chi connectivity index (χ3n) is 5.31. The number of nitrogens with zero attached hydrogens (tertiary/aromatic N) is 2. The Hall–Kier alpha value is -0.450. The number of likely N-dealkylation sites (tertiary alicyclic amines) is 1. The molecule has 0 bridgehead atoms. The van der Waals surface area contributed by atoms with Crippen LogP contribution in [0.2, 0.25) is 0 Å².